The van der Waals surface area contributed by atoms with E-state index >= 15 is 0 Å². The molecule has 1 saturated carbocycles. The molecule has 2 bridgehead atoms. The number of amides is 1. The van der Waals surface area contributed by atoms with Gasteiger partial charge in [0.1, 0.15) is 5.60 Å². The van der Waals surface area contributed by atoms with Gasteiger partial charge in [0, 0.05) is 25.0 Å². The molecule has 0 atom stereocenters. The molecule has 0 unspecified atom stereocenters. The number of hydrogen-bond donors (Lipinski definition) is 1. The Bertz CT molecular complexity index is 539. The van der Waals surface area contributed by atoms with Crippen LogP contribution in [0.15, 0.2) is 12.4 Å². The number of nitrogens with zero attached hydrogens (tertiary/aromatic N) is 3. The van der Waals surface area contributed by atoms with Crippen LogP contribution >= 0.6 is 12.6 Å². The fraction of sp³-hybridized carbons (Fsp3) is 0.733. The Hall–Kier alpha value is -1.01. The van der Waals surface area contributed by atoms with Gasteiger partial charge in [-0.25, -0.2) is 0 Å². The molecule has 5 nitrogen and oxygen atoms in total. The average Bonchev–Trinajstić information content (AvgIpc) is 3.21. The first-order chi connectivity index (χ1) is 10.2. The van der Waals surface area contributed by atoms with Crippen molar-refractivity contribution in [3.8, 4) is 0 Å². The summed E-state index contributed by atoms with van der Waals surface area (Å²) in [5, 5.41) is 4.42. The number of piperidine rings is 1. The lowest BCUT2D eigenvalue weighted by molar-refractivity contribution is -0.156. The summed E-state index contributed by atoms with van der Waals surface area (Å²) >= 11 is 4.27. The number of hydrogen-bond acceptors (Lipinski definition) is 4. The summed E-state index contributed by atoms with van der Waals surface area (Å²) < 4.78 is 7.78. The highest BCUT2D eigenvalue weighted by molar-refractivity contribution is 7.79. The van der Waals surface area contributed by atoms with E-state index < -0.39 is 5.60 Å². The van der Waals surface area contributed by atoms with E-state index in [4.69, 9.17) is 4.74 Å². The minimum Gasteiger partial charge on any atom is -0.365 e. The molecule has 3 aliphatic heterocycles. The summed E-state index contributed by atoms with van der Waals surface area (Å²) in [7, 11) is 0. The topological polar surface area (TPSA) is 47.4 Å². The van der Waals surface area contributed by atoms with Gasteiger partial charge in [-0.1, -0.05) is 0 Å². The number of carbonyl (C=O) groups excluding carboxylic acids is 1. The summed E-state index contributed by atoms with van der Waals surface area (Å²) in [6, 6.07) is 0.402. The highest BCUT2D eigenvalue weighted by Crippen LogP contribution is 2.49. The Morgan fingerprint density at radius 2 is 2.19 bits per heavy atom. The van der Waals surface area contributed by atoms with Crippen molar-refractivity contribution >= 4 is 18.5 Å². The van der Waals surface area contributed by atoms with E-state index in [0.717, 1.165) is 56.7 Å². The zero-order valence-electron chi connectivity index (χ0n) is 12.1. The minimum atomic E-state index is -0.442. The Morgan fingerprint density at radius 3 is 2.76 bits per heavy atom. The summed E-state index contributed by atoms with van der Waals surface area (Å²) in [5.41, 5.74) is 0.707. The number of ether oxygens (including phenoxy) is 1. The molecule has 4 aliphatic rings. The molecule has 1 aromatic heterocycles. The van der Waals surface area contributed by atoms with Gasteiger partial charge in [-0.2, -0.15) is 17.7 Å². The third kappa shape index (κ3) is 2.19. The van der Waals surface area contributed by atoms with Gasteiger partial charge in [0.2, 0.25) is 0 Å². The van der Waals surface area contributed by atoms with Crippen LogP contribution in [0.4, 0.5) is 0 Å². The zero-order valence-corrected chi connectivity index (χ0v) is 13.0. The van der Waals surface area contributed by atoms with E-state index in [-0.39, 0.29) is 5.91 Å². The van der Waals surface area contributed by atoms with Gasteiger partial charge in [-0.3, -0.25) is 9.48 Å². The summed E-state index contributed by atoms with van der Waals surface area (Å²) in [4.78, 5) is 14.6. The highest BCUT2D eigenvalue weighted by Gasteiger charge is 2.58. The number of likely N-dealkylation sites (tertiary alicyclic amines) is 1. The van der Waals surface area contributed by atoms with E-state index in [1.165, 1.54) is 0 Å². The lowest BCUT2D eigenvalue weighted by atomic mass is 9.73. The quantitative estimate of drug-likeness (QED) is 0.864. The molecule has 6 heteroatoms. The molecule has 5 rings (SSSR count). The SMILES string of the molecule is O=C(N1CCC(n2cc(CS)cn2)CC1)C12CC(CO1)C2. The van der Waals surface area contributed by atoms with Crippen LogP contribution in [0.3, 0.4) is 0 Å². The molecule has 114 valence electrons. The molecule has 0 radical (unpaired) electrons. The van der Waals surface area contributed by atoms with Crippen LogP contribution in [0, 0.1) is 5.92 Å². The Labute approximate surface area is 130 Å². The molecule has 4 heterocycles. The molecule has 21 heavy (non-hydrogen) atoms. The first-order valence-corrected chi connectivity index (χ1v) is 8.41. The normalized spacial score (nSPS) is 32.2. The molecular weight excluding hydrogens is 286 g/mol. The maximum atomic E-state index is 12.6. The van der Waals surface area contributed by atoms with Gasteiger partial charge >= 0.3 is 0 Å². The molecule has 1 amide bonds. The maximum absolute atomic E-state index is 12.6. The van der Waals surface area contributed by atoms with Crippen molar-refractivity contribution in [1.29, 1.82) is 0 Å². The first kappa shape index (κ1) is 13.6. The number of thiol groups is 1. The van der Waals surface area contributed by atoms with Crippen LogP contribution in [0.5, 0.6) is 0 Å². The van der Waals surface area contributed by atoms with Crippen molar-refractivity contribution in [3.63, 3.8) is 0 Å². The van der Waals surface area contributed by atoms with E-state index in [9.17, 15) is 4.79 Å². The molecule has 0 aromatic carbocycles. The standard InChI is InChI=1S/C15H21N3O2S/c19-14(15-5-11(6-15)9-20-15)17-3-1-13(2-4-17)18-8-12(10-21)7-16-18/h7-8,11,13,21H,1-6,9-10H2. The monoisotopic (exact) mass is 307 g/mol. The molecule has 0 spiro atoms. The van der Waals surface area contributed by atoms with Gasteiger partial charge < -0.3 is 9.64 Å². The molecule has 0 N–H and O–H groups in total. The van der Waals surface area contributed by atoms with Crippen molar-refractivity contribution in [2.45, 2.75) is 43.1 Å². The third-order valence-corrected chi connectivity index (χ3v) is 5.55. The van der Waals surface area contributed by atoms with Gasteiger partial charge in [0.05, 0.1) is 18.8 Å². The number of aromatic nitrogens is 2. The van der Waals surface area contributed by atoms with Gasteiger partial charge in [-0.05, 0) is 37.2 Å². The van der Waals surface area contributed by atoms with Gasteiger partial charge in [0.25, 0.3) is 5.91 Å². The molecule has 3 saturated heterocycles. The predicted octanol–water partition coefficient (Wildman–Crippen LogP) is 1.66. The fourth-order valence-electron chi connectivity index (χ4n) is 3.90. The third-order valence-electron chi connectivity index (χ3n) is 5.19. The van der Waals surface area contributed by atoms with E-state index in [1.807, 2.05) is 15.8 Å². The second kappa shape index (κ2) is 5.02. The van der Waals surface area contributed by atoms with Crippen molar-refractivity contribution < 1.29 is 9.53 Å². The van der Waals surface area contributed by atoms with E-state index in [1.54, 1.807) is 0 Å². The van der Waals surface area contributed by atoms with Crippen molar-refractivity contribution in [2.24, 2.45) is 5.92 Å². The molecule has 1 aromatic rings. The van der Waals surface area contributed by atoms with Crippen molar-refractivity contribution in [2.75, 3.05) is 19.7 Å². The summed E-state index contributed by atoms with van der Waals surface area (Å²) in [5.74, 6) is 1.58. The van der Waals surface area contributed by atoms with Gasteiger partial charge in [0.15, 0.2) is 0 Å². The number of rotatable bonds is 3. The van der Waals surface area contributed by atoms with Gasteiger partial charge in [-0.15, -0.1) is 0 Å². The van der Waals surface area contributed by atoms with Crippen molar-refractivity contribution in [3.05, 3.63) is 18.0 Å². The summed E-state index contributed by atoms with van der Waals surface area (Å²) in [6.07, 6.45) is 7.78. The Kier molecular flexibility index (Phi) is 3.26. The lowest BCUT2D eigenvalue weighted by Gasteiger charge is -2.41. The van der Waals surface area contributed by atoms with Crippen LogP contribution in [-0.2, 0) is 15.3 Å². The predicted molar refractivity (Wildman–Crippen MR) is 81.2 cm³/mol. The van der Waals surface area contributed by atoms with Crippen LogP contribution in [0.1, 0.15) is 37.3 Å². The van der Waals surface area contributed by atoms with Crippen LogP contribution in [0.2, 0.25) is 0 Å². The largest absolute Gasteiger partial charge is 0.365 e. The zero-order chi connectivity index (χ0) is 14.4. The van der Waals surface area contributed by atoms with Crippen LogP contribution in [0.25, 0.3) is 0 Å². The molecule has 1 aliphatic carbocycles. The fourth-order valence-corrected chi connectivity index (χ4v) is 4.07. The van der Waals surface area contributed by atoms with E-state index in [2.05, 4.69) is 23.9 Å². The number of carbonyl (C=O) groups is 1. The lowest BCUT2D eigenvalue weighted by Crippen LogP contribution is -2.54. The molecule has 4 fully saturated rings. The Balaban J connectivity index is 1.37. The van der Waals surface area contributed by atoms with Crippen LogP contribution in [-0.4, -0.2) is 45.9 Å². The Morgan fingerprint density at radius 1 is 1.43 bits per heavy atom. The molecular formula is C15H21N3O2S. The average molecular weight is 307 g/mol. The van der Waals surface area contributed by atoms with Crippen molar-refractivity contribution in [1.82, 2.24) is 14.7 Å². The number of fused-ring (bicyclic) bond motifs is 1. The second-order valence-electron chi connectivity index (χ2n) is 6.59. The maximum Gasteiger partial charge on any atom is 0.254 e. The minimum absolute atomic E-state index is 0.228. The van der Waals surface area contributed by atoms with Crippen LogP contribution < -0.4 is 0 Å². The smallest absolute Gasteiger partial charge is 0.254 e. The first-order valence-electron chi connectivity index (χ1n) is 7.77. The van der Waals surface area contributed by atoms with E-state index in [0.29, 0.717) is 12.0 Å². The second-order valence-corrected chi connectivity index (χ2v) is 6.91. The summed E-state index contributed by atoms with van der Waals surface area (Å²) in [6.45, 7) is 2.41. The highest BCUT2D eigenvalue weighted by atomic mass is 32.1.